The number of likely N-dealkylation sites (N-methyl/N-ethyl adjacent to an activating group) is 1. The zero-order chi connectivity index (χ0) is 14.7. The maximum Gasteiger partial charge on any atom is 0.236 e. The molecule has 1 aromatic rings. The minimum absolute atomic E-state index is 0. The molecule has 1 saturated heterocycles. The van der Waals surface area contributed by atoms with E-state index in [9.17, 15) is 4.79 Å². The highest BCUT2D eigenvalue weighted by molar-refractivity contribution is 5.85. The Morgan fingerprint density at radius 3 is 2.45 bits per heavy atom. The second-order valence-corrected chi connectivity index (χ2v) is 6.32. The lowest BCUT2D eigenvalue weighted by molar-refractivity contribution is -0.132. The van der Waals surface area contributed by atoms with Gasteiger partial charge < -0.3 is 10.2 Å². The van der Waals surface area contributed by atoms with Gasteiger partial charge in [-0.05, 0) is 36.9 Å². The molecule has 1 saturated carbocycles. The third-order valence-electron chi connectivity index (χ3n) is 4.36. The van der Waals surface area contributed by atoms with Gasteiger partial charge in [-0.15, -0.1) is 12.4 Å². The summed E-state index contributed by atoms with van der Waals surface area (Å²) in [7, 11) is 2.02. The molecule has 3 rings (SSSR count). The Kier molecular flexibility index (Phi) is 6.24. The summed E-state index contributed by atoms with van der Waals surface area (Å²) in [5.74, 6) is 1.06. The third kappa shape index (κ3) is 4.70. The summed E-state index contributed by atoms with van der Waals surface area (Å²) in [6.45, 7) is 4.84. The molecule has 22 heavy (non-hydrogen) atoms. The minimum Gasteiger partial charge on any atom is -0.339 e. The van der Waals surface area contributed by atoms with Gasteiger partial charge in [0.1, 0.15) is 0 Å². The van der Waals surface area contributed by atoms with Gasteiger partial charge in [-0.3, -0.25) is 9.69 Å². The maximum atomic E-state index is 12.2. The van der Waals surface area contributed by atoms with Crippen LogP contribution in [0.1, 0.15) is 29.9 Å². The normalized spacial score (nSPS) is 18.2. The molecular formula is C17H26ClN3O. The van der Waals surface area contributed by atoms with Crippen molar-refractivity contribution in [1.82, 2.24) is 15.1 Å². The lowest BCUT2D eigenvalue weighted by atomic mass is 10.1. The van der Waals surface area contributed by atoms with Gasteiger partial charge in [0.05, 0.1) is 6.54 Å². The van der Waals surface area contributed by atoms with Crippen molar-refractivity contribution in [3.8, 4) is 0 Å². The molecule has 0 atom stereocenters. The van der Waals surface area contributed by atoms with Gasteiger partial charge in [-0.1, -0.05) is 24.3 Å². The molecule has 5 heteroatoms. The molecule has 0 radical (unpaired) electrons. The molecule has 1 amide bonds. The number of carbonyl (C=O) groups excluding carboxylic acids is 1. The van der Waals surface area contributed by atoms with E-state index in [1.807, 2.05) is 11.9 Å². The number of halogens is 1. The Balaban J connectivity index is 0.00000176. The number of carbonyl (C=O) groups is 1. The van der Waals surface area contributed by atoms with E-state index in [2.05, 4.69) is 34.5 Å². The van der Waals surface area contributed by atoms with E-state index >= 15 is 0 Å². The van der Waals surface area contributed by atoms with Crippen molar-refractivity contribution in [3.05, 3.63) is 35.4 Å². The number of benzene rings is 1. The van der Waals surface area contributed by atoms with Crippen molar-refractivity contribution < 1.29 is 4.79 Å². The van der Waals surface area contributed by atoms with Gasteiger partial charge in [0, 0.05) is 32.7 Å². The largest absolute Gasteiger partial charge is 0.339 e. The van der Waals surface area contributed by atoms with Crippen LogP contribution in [0, 0.1) is 0 Å². The second kappa shape index (κ2) is 7.95. The summed E-state index contributed by atoms with van der Waals surface area (Å²) in [6.07, 6.45) is 2.69. The predicted octanol–water partition coefficient (Wildman–Crippen LogP) is 1.85. The van der Waals surface area contributed by atoms with E-state index in [-0.39, 0.29) is 18.3 Å². The van der Waals surface area contributed by atoms with Crippen molar-refractivity contribution in [2.24, 2.45) is 0 Å². The number of hydrogen-bond acceptors (Lipinski definition) is 3. The monoisotopic (exact) mass is 323 g/mol. The van der Waals surface area contributed by atoms with Crippen LogP contribution in [0.2, 0.25) is 0 Å². The van der Waals surface area contributed by atoms with Crippen LogP contribution in [0.15, 0.2) is 24.3 Å². The Hall–Kier alpha value is -1.10. The number of rotatable bonds is 5. The van der Waals surface area contributed by atoms with Crippen LogP contribution in [0.3, 0.4) is 0 Å². The Bertz CT molecular complexity index is 481. The van der Waals surface area contributed by atoms with Crippen LogP contribution in [0.25, 0.3) is 0 Å². The summed E-state index contributed by atoms with van der Waals surface area (Å²) in [6, 6.07) is 8.91. The highest BCUT2D eigenvalue weighted by Crippen LogP contribution is 2.39. The average Bonchev–Trinajstić information content (AvgIpc) is 3.33. The van der Waals surface area contributed by atoms with Crippen molar-refractivity contribution in [2.45, 2.75) is 25.3 Å². The average molecular weight is 324 g/mol. The number of piperazine rings is 1. The molecule has 1 heterocycles. The van der Waals surface area contributed by atoms with Crippen LogP contribution >= 0.6 is 12.4 Å². The molecule has 1 aliphatic heterocycles. The molecule has 0 bridgehead atoms. The summed E-state index contributed by atoms with van der Waals surface area (Å²) in [5, 5.41) is 3.27. The second-order valence-electron chi connectivity index (χ2n) is 6.32. The van der Waals surface area contributed by atoms with Crippen LogP contribution in [-0.4, -0.2) is 55.5 Å². The van der Waals surface area contributed by atoms with Crippen molar-refractivity contribution in [1.29, 1.82) is 0 Å². The molecule has 2 aliphatic rings. The number of nitrogens with one attached hydrogen (secondary N) is 1. The first-order valence-electron chi connectivity index (χ1n) is 7.98. The smallest absolute Gasteiger partial charge is 0.236 e. The molecule has 0 unspecified atom stereocenters. The zero-order valence-corrected chi connectivity index (χ0v) is 14.1. The molecule has 0 spiro atoms. The van der Waals surface area contributed by atoms with E-state index in [4.69, 9.17) is 0 Å². The predicted molar refractivity (Wildman–Crippen MR) is 91.4 cm³/mol. The molecule has 2 fully saturated rings. The highest BCUT2D eigenvalue weighted by Gasteiger charge is 2.23. The first kappa shape index (κ1) is 17.3. The number of hydrogen-bond donors (Lipinski definition) is 1. The Labute approximate surface area is 139 Å². The van der Waals surface area contributed by atoms with Crippen LogP contribution < -0.4 is 5.32 Å². The Morgan fingerprint density at radius 2 is 1.86 bits per heavy atom. The molecule has 1 aromatic carbocycles. The van der Waals surface area contributed by atoms with Gasteiger partial charge in [0.15, 0.2) is 0 Å². The van der Waals surface area contributed by atoms with E-state index < -0.39 is 0 Å². The molecular weight excluding hydrogens is 298 g/mol. The number of nitrogens with zero attached hydrogens (tertiary/aromatic N) is 2. The van der Waals surface area contributed by atoms with Gasteiger partial charge in [-0.2, -0.15) is 0 Å². The van der Waals surface area contributed by atoms with Gasteiger partial charge in [0.25, 0.3) is 0 Å². The molecule has 1 aliphatic carbocycles. The summed E-state index contributed by atoms with van der Waals surface area (Å²) < 4.78 is 0. The van der Waals surface area contributed by atoms with Crippen molar-refractivity contribution in [3.63, 3.8) is 0 Å². The molecule has 0 aromatic heterocycles. The van der Waals surface area contributed by atoms with E-state index in [1.54, 1.807) is 0 Å². The van der Waals surface area contributed by atoms with E-state index in [0.717, 1.165) is 38.6 Å². The Morgan fingerprint density at radius 1 is 1.23 bits per heavy atom. The topological polar surface area (TPSA) is 35.6 Å². The first-order chi connectivity index (χ1) is 10.2. The van der Waals surface area contributed by atoms with Crippen molar-refractivity contribution >= 4 is 18.3 Å². The van der Waals surface area contributed by atoms with E-state index in [1.165, 1.54) is 24.0 Å². The van der Waals surface area contributed by atoms with Crippen LogP contribution in [0.5, 0.6) is 0 Å². The van der Waals surface area contributed by atoms with Crippen LogP contribution in [-0.2, 0) is 11.3 Å². The number of amides is 1. The molecule has 122 valence electrons. The lowest BCUT2D eigenvalue weighted by Crippen LogP contribution is -2.49. The fraction of sp³-hybridized carbons (Fsp3) is 0.588. The van der Waals surface area contributed by atoms with Crippen molar-refractivity contribution in [2.75, 3.05) is 39.8 Å². The third-order valence-corrected chi connectivity index (χ3v) is 4.36. The molecule has 1 N–H and O–H groups in total. The SMILES string of the molecule is CN(CC(=O)N1CCNCC1)Cc1ccc(C2CC2)cc1.Cl. The first-order valence-corrected chi connectivity index (χ1v) is 7.98. The maximum absolute atomic E-state index is 12.2. The van der Waals surface area contributed by atoms with E-state index in [0.29, 0.717) is 6.54 Å². The standard InChI is InChI=1S/C17H25N3O.ClH/c1-19(13-17(21)20-10-8-18-9-11-20)12-14-2-4-15(5-3-14)16-6-7-16;/h2-5,16,18H,6-13H2,1H3;1H. The molecule has 4 nitrogen and oxygen atoms in total. The summed E-state index contributed by atoms with van der Waals surface area (Å²) >= 11 is 0. The zero-order valence-electron chi connectivity index (χ0n) is 13.3. The highest BCUT2D eigenvalue weighted by atomic mass is 35.5. The summed E-state index contributed by atoms with van der Waals surface area (Å²) in [4.78, 5) is 16.3. The minimum atomic E-state index is 0. The quantitative estimate of drug-likeness (QED) is 0.898. The fourth-order valence-electron chi connectivity index (χ4n) is 2.92. The van der Waals surface area contributed by atoms with Gasteiger partial charge >= 0.3 is 0 Å². The van der Waals surface area contributed by atoms with Gasteiger partial charge in [-0.25, -0.2) is 0 Å². The fourth-order valence-corrected chi connectivity index (χ4v) is 2.92. The van der Waals surface area contributed by atoms with Gasteiger partial charge in [0.2, 0.25) is 5.91 Å². The lowest BCUT2D eigenvalue weighted by Gasteiger charge is -2.29. The summed E-state index contributed by atoms with van der Waals surface area (Å²) in [5.41, 5.74) is 2.76. The van der Waals surface area contributed by atoms with Crippen LogP contribution in [0.4, 0.5) is 0 Å².